The Morgan fingerprint density at radius 1 is 1.10 bits per heavy atom. The fourth-order valence-electron chi connectivity index (χ4n) is 3.77. The van der Waals surface area contributed by atoms with Crippen molar-refractivity contribution in [2.75, 3.05) is 24.0 Å². The first-order valence-electron chi connectivity index (χ1n) is 11.6. The summed E-state index contributed by atoms with van der Waals surface area (Å²) >= 11 is 3.42. The van der Waals surface area contributed by atoms with Crippen LogP contribution in [0.1, 0.15) is 23.6 Å². The van der Waals surface area contributed by atoms with Gasteiger partial charge in [-0.25, -0.2) is 0 Å². The van der Waals surface area contributed by atoms with Crippen LogP contribution in [0.15, 0.2) is 75.8 Å². The lowest BCUT2D eigenvalue weighted by Gasteiger charge is -2.15. The number of benzene rings is 3. The lowest BCUT2D eigenvalue weighted by Crippen LogP contribution is -2.21. The Kier molecular flexibility index (Phi) is 8.10. The summed E-state index contributed by atoms with van der Waals surface area (Å²) in [6.45, 7) is 3.26. The zero-order valence-corrected chi connectivity index (χ0v) is 22.7. The number of hydrogen-bond acceptors (Lipinski definition) is 5. The number of amides is 2. The van der Waals surface area contributed by atoms with Crippen molar-refractivity contribution < 1.29 is 32.2 Å². The summed E-state index contributed by atoms with van der Waals surface area (Å²) in [6.07, 6.45) is -3.00. The van der Waals surface area contributed by atoms with Crippen molar-refractivity contribution in [2.24, 2.45) is 5.10 Å². The van der Waals surface area contributed by atoms with Crippen LogP contribution in [-0.2, 0) is 15.8 Å². The molecule has 0 spiro atoms. The van der Waals surface area contributed by atoms with Gasteiger partial charge in [-0.3, -0.25) is 9.59 Å². The van der Waals surface area contributed by atoms with Crippen molar-refractivity contribution in [2.45, 2.75) is 20.0 Å². The normalized spacial score (nSPS) is 14.4. The minimum absolute atomic E-state index is 0.00370. The Labute approximate surface area is 231 Å². The summed E-state index contributed by atoms with van der Waals surface area (Å²) in [5, 5.41) is 7.85. The highest BCUT2D eigenvalue weighted by Crippen LogP contribution is 2.38. The monoisotopic (exact) mass is 601 g/mol. The number of aryl methyl sites for hydroxylation is 1. The van der Waals surface area contributed by atoms with E-state index in [0.717, 1.165) is 22.7 Å². The lowest BCUT2D eigenvalue weighted by molar-refractivity contribution is -0.137. The van der Waals surface area contributed by atoms with Crippen LogP contribution in [0, 0.1) is 6.92 Å². The third-order valence-electron chi connectivity index (χ3n) is 5.73. The zero-order valence-electron chi connectivity index (χ0n) is 21.1. The maximum atomic E-state index is 13.1. The second kappa shape index (κ2) is 11.3. The van der Waals surface area contributed by atoms with Crippen molar-refractivity contribution in [3.8, 4) is 11.5 Å². The molecule has 0 fully saturated rings. The van der Waals surface area contributed by atoms with E-state index in [2.05, 4.69) is 26.3 Å². The molecule has 4 rings (SSSR count). The number of rotatable bonds is 7. The third kappa shape index (κ3) is 6.48. The van der Waals surface area contributed by atoms with Crippen LogP contribution in [0.25, 0.3) is 6.08 Å². The van der Waals surface area contributed by atoms with Gasteiger partial charge in [0.15, 0.2) is 18.1 Å². The molecular weight excluding hydrogens is 579 g/mol. The molecule has 0 saturated carbocycles. The molecule has 3 aromatic carbocycles. The van der Waals surface area contributed by atoms with Crippen LogP contribution in [0.4, 0.5) is 24.5 Å². The van der Waals surface area contributed by atoms with Crippen molar-refractivity contribution in [3.05, 3.63) is 87.4 Å². The van der Waals surface area contributed by atoms with Crippen LogP contribution >= 0.6 is 15.9 Å². The van der Waals surface area contributed by atoms with E-state index in [1.165, 1.54) is 19.2 Å². The molecule has 2 amide bonds. The van der Waals surface area contributed by atoms with Gasteiger partial charge in [0, 0.05) is 5.69 Å². The SMILES string of the molecule is COc1cc(/C=C2\C(=O)N(c3cccc(C(F)(F)F)c3)N=C2C)cc(Br)c1OCC(=O)Nc1ccc(C)cc1. The quantitative estimate of drug-likeness (QED) is 0.309. The van der Waals surface area contributed by atoms with Crippen molar-refractivity contribution in [3.63, 3.8) is 0 Å². The summed E-state index contributed by atoms with van der Waals surface area (Å²) in [5.41, 5.74) is 1.91. The van der Waals surface area contributed by atoms with Crippen LogP contribution in [0.3, 0.4) is 0 Å². The van der Waals surface area contributed by atoms with Gasteiger partial charge in [0.2, 0.25) is 0 Å². The molecule has 202 valence electrons. The van der Waals surface area contributed by atoms with Crippen LogP contribution < -0.4 is 19.8 Å². The van der Waals surface area contributed by atoms with Crippen LogP contribution in [0.5, 0.6) is 11.5 Å². The fourth-order valence-corrected chi connectivity index (χ4v) is 4.35. The number of halogens is 4. The molecule has 0 saturated heterocycles. The van der Waals surface area contributed by atoms with Crippen LogP contribution in [0.2, 0.25) is 0 Å². The van der Waals surface area contributed by atoms with Gasteiger partial charge in [-0.2, -0.15) is 23.3 Å². The van der Waals surface area contributed by atoms with E-state index < -0.39 is 17.6 Å². The van der Waals surface area contributed by atoms with E-state index in [9.17, 15) is 22.8 Å². The highest BCUT2D eigenvalue weighted by molar-refractivity contribution is 9.10. The second-order valence-electron chi connectivity index (χ2n) is 8.65. The summed E-state index contributed by atoms with van der Waals surface area (Å²) in [4.78, 5) is 25.4. The Hall–Kier alpha value is -4.12. The minimum atomic E-state index is -4.55. The molecule has 0 unspecified atom stereocenters. The van der Waals surface area contributed by atoms with Crippen molar-refractivity contribution in [1.29, 1.82) is 0 Å². The summed E-state index contributed by atoms with van der Waals surface area (Å²) < 4.78 is 51.0. The molecule has 0 radical (unpaired) electrons. The molecule has 1 N–H and O–H groups in total. The number of alkyl halides is 3. The fraction of sp³-hybridized carbons (Fsp3) is 0.179. The first kappa shape index (κ1) is 27.9. The Bertz CT molecular complexity index is 1480. The molecule has 0 aliphatic carbocycles. The number of nitrogens with zero attached hydrogens (tertiary/aromatic N) is 2. The molecule has 1 aliphatic heterocycles. The third-order valence-corrected chi connectivity index (χ3v) is 6.32. The number of methoxy groups -OCH3 is 1. The number of hydrogen-bond donors (Lipinski definition) is 1. The number of ether oxygens (including phenoxy) is 2. The van der Waals surface area contributed by atoms with Gasteiger partial charge >= 0.3 is 6.18 Å². The Balaban J connectivity index is 1.52. The smallest absolute Gasteiger partial charge is 0.416 e. The predicted molar refractivity (Wildman–Crippen MR) is 146 cm³/mol. The van der Waals surface area contributed by atoms with Gasteiger partial charge in [-0.1, -0.05) is 23.8 Å². The predicted octanol–water partition coefficient (Wildman–Crippen LogP) is 6.61. The second-order valence-corrected chi connectivity index (χ2v) is 9.50. The van der Waals surface area contributed by atoms with E-state index in [-0.39, 0.29) is 29.5 Å². The molecule has 0 aromatic heterocycles. The largest absolute Gasteiger partial charge is 0.493 e. The summed E-state index contributed by atoms with van der Waals surface area (Å²) in [6, 6.07) is 15.0. The number of hydrazone groups is 1. The molecular formula is C28H23BrF3N3O4. The van der Waals surface area contributed by atoms with Gasteiger partial charge in [-0.05, 0) is 83.9 Å². The van der Waals surface area contributed by atoms with E-state index >= 15 is 0 Å². The van der Waals surface area contributed by atoms with E-state index in [1.54, 1.807) is 37.3 Å². The first-order valence-corrected chi connectivity index (χ1v) is 12.4. The van der Waals surface area contributed by atoms with Crippen molar-refractivity contribution in [1.82, 2.24) is 0 Å². The highest BCUT2D eigenvalue weighted by Gasteiger charge is 2.33. The highest BCUT2D eigenvalue weighted by atomic mass is 79.9. The summed E-state index contributed by atoms with van der Waals surface area (Å²) in [7, 11) is 1.43. The van der Waals surface area contributed by atoms with Gasteiger partial charge < -0.3 is 14.8 Å². The van der Waals surface area contributed by atoms with E-state index in [0.29, 0.717) is 27.2 Å². The lowest BCUT2D eigenvalue weighted by atomic mass is 10.1. The molecule has 1 heterocycles. The average molecular weight is 602 g/mol. The van der Waals surface area contributed by atoms with Gasteiger partial charge in [0.25, 0.3) is 11.8 Å². The van der Waals surface area contributed by atoms with Gasteiger partial charge in [0.05, 0.1) is 34.1 Å². The summed E-state index contributed by atoms with van der Waals surface area (Å²) in [5.74, 6) is -0.353. The van der Waals surface area contributed by atoms with Gasteiger partial charge in [0.1, 0.15) is 0 Å². The molecule has 39 heavy (non-hydrogen) atoms. The standard InChI is InChI=1S/C28H23BrF3N3O4/c1-16-7-9-20(10-8-16)33-25(36)15-39-26-23(29)12-18(13-24(26)38-3)11-22-17(2)34-35(27(22)37)21-6-4-5-19(14-21)28(30,31)32/h4-14H,15H2,1-3H3,(H,33,36)/b22-11-. The first-order chi connectivity index (χ1) is 18.5. The maximum Gasteiger partial charge on any atom is 0.416 e. The Morgan fingerprint density at radius 3 is 2.49 bits per heavy atom. The average Bonchev–Trinajstić information content (AvgIpc) is 3.17. The number of carbonyl (C=O) groups excluding carboxylic acids is 2. The molecule has 0 atom stereocenters. The van der Waals surface area contributed by atoms with Crippen molar-refractivity contribution >= 4 is 50.9 Å². The molecule has 3 aromatic rings. The van der Waals surface area contributed by atoms with E-state index in [4.69, 9.17) is 9.47 Å². The molecule has 1 aliphatic rings. The zero-order chi connectivity index (χ0) is 28.3. The van der Waals surface area contributed by atoms with Gasteiger partial charge in [-0.15, -0.1) is 0 Å². The van der Waals surface area contributed by atoms with E-state index in [1.807, 2.05) is 19.1 Å². The molecule has 7 nitrogen and oxygen atoms in total. The molecule has 11 heteroatoms. The number of nitrogens with one attached hydrogen (secondary N) is 1. The number of anilines is 2. The minimum Gasteiger partial charge on any atom is -0.493 e. The molecule has 0 bridgehead atoms. The van der Waals surface area contributed by atoms with Crippen LogP contribution in [-0.4, -0.2) is 31.2 Å². The number of carbonyl (C=O) groups is 2. The maximum absolute atomic E-state index is 13.1. The topological polar surface area (TPSA) is 80.2 Å². The Morgan fingerprint density at radius 2 is 1.82 bits per heavy atom.